The Kier molecular flexibility index (Phi) is 6.77. The Balaban J connectivity index is 2.02. The Morgan fingerprint density at radius 1 is 1.19 bits per heavy atom. The minimum Gasteiger partial charge on any atom is -0.463 e. The molecular formula is C19H24N2O5. The molecule has 0 saturated heterocycles. The van der Waals surface area contributed by atoms with Crippen LogP contribution in [-0.2, 0) is 19.1 Å². The van der Waals surface area contributed by atoms with Crippen LogP contribution in [0.2, 0.25) is 0 Å². The third-order valence-electron chi connectivity index (χ3n) is 4.08. The van der Waals surface area contributed by atoms with Gasteiger partial charge in [-0.05, 0) is 25.3 Å². The number of esters is 2. The Bertz CT molecular complexity index is 699. The second-order valence-electron chi connectivity index (χ2n) is 6.11. The summed E-state index contributed by atoms with van der Waals surface area (Å²) in [4.78, 5) is 35.9. The number of amides is 2. The number of hydrogen-bond donors (Lipinski definition) is 2. The van der Waals surface area contributed by atoms with Gasteiger partial charge in [0.25, 0.3) is 0 Å². The molecule has 26 heavy (non-hydrogen) atoms. The van der Waals surface area contributed by atoms with E-state index in [0.717, 1.165) is 5.56 Å². The van der Waals surface area contributed by atoms with E-state index >= 15 is 0 Å². The smallest absolute Gasteiger partial charge is 0.338 e. The van der Waals surface area contributed by atoms with Gasteiger partial charge in [0, 0.05) is 0 Å². The van der Waals surface area contributed by atoms with Gasteiger partial charge in [-0.3, -0.25) is 4.79 Å². The molecule has 0 fully saturated rings. The third kappa shape index (κ3) is 5.08. The lowest BCUT2D eigenvalue weighted by molar-refractivity contribution is -0.144. The summed E-state index contributed by atoms with van der Waals surface area (Å²) >= 11 is 0. The first-order chi connectivity index (χ1) is 12.4. The summed E-state index contributed by atoms with van der Waals surface area (Å²) in [5.41, 5.74) is 1.55. The van der Waals surface area contributed by atoms with Crippen molar-refractivity contribution in [3.8, 4) is 0 Å². The first-order valence-corrected chi connectivity index (χ1v) is 8.60. The maximum absolute atomic E-state index is 12.1. The van der Waals surface area contributed by atoms with Gasteiger partial charge in [0.05, 0.1) is 30.3 Å². The van der Waals surface area contributed by atoms with Crippen LogP contribution >= 0.6 is 0 Å². The molecule has 2 N–H and O–H groups in total. The molecule has 0 radical (unpaired) electrons. The van der Waals surface area contributed by atoms with Crippen molar-refractivity contribution in [1.29, 1.82) is 0 Å². The maximum atomic E-state index is 12.1. The van der Waals surface area contributed by atoms with E-state index in [1.54, 1.807) is 13.8 Å². The topological polar surface area (TPSA) is 93.7 Å². The zero-order valence-corrected chi connectivity index (χ0v) is 15.2. The van der Waals surface area contributed by atoms with E-state index in [4.69, 9.17) is 9.47 Å². The van der Waals surface area contributed by atoms with Gasteiger partial charge in [-0.15, -0.1) is 0 Å². The van der Waals surface area contributed by atoms with Crippen molar-refractivity contribution in [2.45, 2.75) is 39.2 Å². The van der Waals surface area contributed by atoms with Crippen LogP contribution < -0.4 is 10.6 Å². The normalized spacial score (nSPS) is 17.8. The van der Waals surface area contributed by atoms with Crippen LogP contribution in [0.3, 0.4) is 0 Å². The highest BCUT2D eigenvalue weighted by Gasteiger charge is 2.30. The molecule has 0 saturated carbocycles. The minimum atomic E-state index is -0.545. The van der Waals surface area contributed by atoms with Gasteiger partial charge < -0.3 is 20.1 Å². The first kappa shape index (κ1) is 19.5. The summed E-state index contributed by atoms with van der Waals surface area (Å²) in [6.45, 7) is 5.33. The van der Waals surface area contributed by atoms with Gasteiger partial charge in [0.1, 0.15) is 6.61 Å². The Hall–Kier alpha value is -2.83. The van der Waals surface area contributed by atoms with Crippen molar-refractivity contribution in [3.63, 3.8) is 0 Å². The summed E-state index contributed by atoms with van der Waals surface area (Å²) in [7, 11) is 0. The Morgan fingerprint density at radius 2 is 1.88 bits per heavy atom. The highest BCUT2D eigenvalue weighted by Crippen LogP contribution is 2.20. The number of hydrogen-bond acceptors (Lipinski definition) is 5. The Morgan fingerprint density at radius 3 is 2.54 bits per heavy atom. The van der Waals surface area contributed by atoms with Crippen LogP contribution in [0.4, 0.5) is 4.79 Å². The van der Waals surface area contributed by atoms with Crippen LogP contribution in [-0.4, -0.2) is 37.2 Å². The second-order valence-corrected chi connectivity index (χ2v) is 6.11. The molecule has 1 aliphatic rings. The summed E-state index contributed by atoms with van der Waals surface area (Å²) in [5.74, 6) is -0.947. The monoisotopic (exact) mass is 360 g/mol. The molecule has 2 rings (SSSR count). The fourth-order valence-electron chi connectivity index (χ4n) is 2.75. The molecule has 0 bridgehead atoms. The van der Waals surface area contributed by atoms with Gasteiger partial charge in [0.15, 0.2) is 0 Å². The molecule has 1 aromatic carbocycles. The molecule has 0 spiro atoms. The lowest BCUT2D eigenvalue weighted by atomic mass is 9.98. The molecule has 7 heteroatoms. The summed E-state index contributed by atoms with van der Waals surface area (Å²) in [5, 5.41) is 5.12. The van der Waals surface area contributed by atoms with Gasteiger partial charge in [-0.2, -0.15) is 0 Å². The highest BCUT2D eigenvalue weighted by atomic mass is 16.5. The van der Waals surface area contributed by atoms with E-state index < -0.39 is 24.0 Å². The number of rotatable bonds is 7. The van der Waals surface area contributed by atoms with Gasteiger partial charge in [-0.1, -0.05) is 37.3 Å². The predicted molar refractivity (Wildman–Crippen MR) is 95.2 cm³/mol. The summed E-state index contributed by atoms with van der Waals surface area (Å²) in [6.07, 6.45) is 0.202. The lowest BCUT2D eigenvalue weighted by Crippen LogP contribution is -2.50. The third-order valence-corrected chi connectivity index (χ3v) is 4.08. The number of benzene rings is 1. The molecule has 2 atom stereocenters. The maximum Gasteiger partial charge on any atom is 0.338 e. The molecule has 7 nitrogen and oxygen atoms in total. The zero-order chi connectivity index (χ0) is 19.1. The summed E-state index contributed by atoms with van der Waals surface area (Å²) in [6, 6.07) is 8.68. The molecule has 0 unspecified atom stereocenters. The largest absolute Gasteiger partial charge is 0.463 e. The van der Waals surface area contributed by atoms with Crippen LogP contribution in [0.15, 0.2) is 41.6 Å². The van der Waals surface area contributed by atoms with E-state index in [1.165, 1.54) is 0 Å². The fraction of sp³-hybridized carbons (Fsp3) is 0.421. The van der Waals surface area contributed by atoms with Crippen LogP contribution in [0.5, 0.6) is 0 Å². The summed E-state index contributed by atoms with van der Waals surface area (Å²) < 4.78 is 10.3. The molecule has 2 amide bonds. The van der Waals surface area contributed by atoms with E-state index in [0.29, 0.717) is 0 Å². The van der Waals surface area contributed by atoms with Crippen LogP contribution in [0.1, 0.15) is 38.7 Å². The highest BCUT2D eigenvalue weighted by molar-refractivity contribution is 5.94. The molecular weight excluding hydrogens is 336 g/mol. The Labute approximate surface area is 152 Å². The quantitative estimate of drug-likeness (QED) is 0.728. The van der Waals surface area contributed by atoms with Crippen molar-refractivity contribution in [2.75, 3.05) is 13.2 Å². The van der Waals surface area contributed by atoms with E-state index in [9.17, 15) is 14.4 Å². The first-order valence-electron chi connectivity index (χ1n) is 8.60. The van der Waals surface area contributed by atoms with Crippen molar-refractivity contribution in [3.05, 3.63) is 47.2 Å². The van der Waals surface area contributed by atoms with Crippen molar-refractivity contribution >= 4 is 18.0 Å². The predicted octanol–water partition coefficient (Wildman–Crippen LogP) is 2.24. The average molecular weight is 360 g/mol. The molecule has 1 aliphatic heterocycles. The van der Waals surface area contributed by atoms with Crippen molar-refractivity contribution in [1.82, 2.24) is 10.6 Å². The number of carbonyl (C=O) groups is 3. The fourth-order valence-corrected chi connectivity index (χ4v) is 2.75. The zero-order valence-electron chi connectivity index (χ0n) is 15.2. The second kappa shape index (κ2) is 9.03. The molecule has 0 aliphatic carbocycles. The molecule has 1 heterocycles. The number of ether oxygens (including phenoxy) is 2. The SMILES string of the molecule is CCOC(=O)C1=C(COC(=O)C[C@@H](C)c2ccccc2)NC(=O)N[C@@H]1C. The van der Waals surface area contributed by atoms with Crippen molar-refractivity contribution in [2.24, 2.45) is 0 Å². The number of carbonyl (C=O) groups excluding carboxylic acids is 3. The van der Waals surface area contributed by atoms with Gasteiger partial charge in [0.2, 0.25) is 0 Å². The van der Waals surface area contributed by atoms with Crippen LogP contribution in [0, 0.1) is 0 Å². The number of nitrogens with one attached hydrogen (secondary N) is 2. The number of urea groups is 1. The van der Waals surface area contributed by atoms with Crippen LogP contribution in [0.25, 0.3) is 0 Å². The van der Waals surface area contributed by atoms with E-state index in [-0.39, 0.29) is 36.8 Å². The van der Waals surface area contributed by atoms with E-state index in [1.807, 2.05) is 37.3 Å². The standard InChI is InChI=1S/C19H24N2O5/c1-4-25-18(23)17-13(3)20-19(24)21-15(17)11-26-16(22)10-12(2)14-8-6-5-7-9-14/h5-9,12-13H,4,10-11H2,1-3H3,(H2,20,21,24)/t12-,13-/m1/s1. The van der Waals surface area contributed by atoms with Crippen molar-refractivity contribution < 1.29 is 23.9 Å². The minimum absolute atomic E-state index is 0.00347. The molecule has 0 aromatic heterocycles. The van der Waals surface area contributed by atoms with Gasteiger partial charge in [-0.25, -0.2) is 9.59 Å². The molecule has 140 valence electrons. The molecule has 1 aromatic rings. The lowest BCUT2D eigenvalue weighted by Gasteiger charge is -2.26. The van der Waals surface area contributed by atoms with E-state index in [2.05, 4.69) is 10.6 Å². The average Bonchev–Trinajstić information content (AvgIpc) is 2.60. The van der Waals surface area contributed by atoms with Gasteiger partial charge >= 0.3 is 18.0 Å².